The smallest absolute Gasteiger partial charge is 0.154 e. The Hall–Kier alpha value is -1.14. The van der Waals surface area contributed by atoms with Crippen molar-refractivity contribution >= 4 is 15.7 Å². The molecule has 5 nitrogen and oxygen atoms in total. The molecule has 1 atom stereocenters. The highest BCUT2D eigenvalue weighted by Crippen LogP contribution is 2.20. The summed E-state index contributed by atoms with van der Waals surface area (Å²) in [6.45, 7) is 6.43. The molecular weight excluding hydrogens is 274 g/mol. The van der Waals surface area contributed by atoms with Crippen molar-refractivity contribution in [3.8, 4) is 0 Å². The molecule has 1 N–H and O–H groups in total. The van der Waals surface area contributed by atoms with E-state index in [-0.39, 0.29) is 17.5 Å². The van der Waals surface area contributed by atoms with Crippen LogP contribution in [0, 0.1) is 0 Å². The number of aromatic nitrogens is 1. The monoisotopic (exact) mass is 297 g/mol. The van der Waals surface area contributed by atoms with E-state index in [2.05, 4.69) is 28.2 Å². The minimum atomic E-state index is -2.88. The molecule has 112 valence electrons. The molecule has 1 fully saturated rings. The van der Waals surface area contributed by atoms with Crippen molar-refractivity contribution in [3.63, 3.8) is 0 Å². The van der Waals surface area contributed by atoms with Crippen LogP contribution in [0.3, 0.4) is 0 Å². The van der Waals surface area contributed by atoms with Crippen LogP contribution in [0.2, 0.25) is 0 Å². The fraction of sp³-hybridized carbons (Fsp3) is 0.643. The van der Waals surface area contributed by atoms with Gasteiger partial charge in [0.25, 0.3) is 0 Å². The third kappa shape index (κ3) is 3.93. The summed E-state index contributed by atoms with van der Waals surface area (Å²) in [6, 6.07) is 4.04. The molecule has 2 rings (SSSR count). The molecule has 0 aromatic carbocycles. The summed E-state index contributed by atoms with van der Waals surface area (Å²) in [5.41, 5.74) is 1.18. The molecule has 0 amide bonds. The van der Waals surface area contributed by atoms with Crippen LogP contribution >= 0.6 is 0 Å². The Bertz CT molecular complexity index is 545. The van der Waals surface area contributed by atoms with Gasteiger partial charge < -0.3 is 10.2 Å². The van der Waals surface area contributed by atoms with Gasteiger partial charge in [0.15, 0.2) is 9.84 Å². The standard InChI is InChI=1S/C14H23N3O2S/c1-3-5-15-10-13-4-6-16-14(9-13)17-7-8-20(18,19)11-12(17)2/h4,6,9,12,15H,3,5,7-8,10-11H2,1-2H3. The van der Waals surface area contributed by atoms with Crippen LogP contribution in [-0.2, 0) is 16.4 Å². The first-order valence-corrected chi connectivity index (χ1v) is 8.96. The van der Waals surface area contributed by atoms with Crippen LogP contribution in [0.25, 0.3) is 0 Å². The molecule has 1 aromatic rings. The van der Waals surface area contributed by atoms with Crippen molar-refractivity contribution in [2.75, 3.05) is 29.5 Å². The molecule has 0 saturated carbocycles. The third-order valence-electron chi connectivity index (χ3n) is 3.53. The number of nitrogens with one attached hydrogen (secondary N) is 1. The van der Waals surface area contributed by atoms with E-state index in [1.165, 1.54) is 5.56 Å². The number of hydrogen-bond donors (Lipinski definition) is 1. The van der Waals surface area contributed by atoms with E-state index in [1.807, 2.05) is 13.0 Å². The largest absolute Gasteiger partial charge is 0.352 e. The third-order valence-corrected chi connectivity index (χ3v) is 5.33. The lowest BCUT2D eigenvalue weighted by Crippen LogP contribution is -2.47. The number of pyridine rings is 1. The van der Waals surface area contributed by atoms with E-state index in [9.17, 15) is 8.42 Å². The van der Waals surface area contributed by atoms with E-state index in [4.69, 9.17) is 0 Å². The molecule has 1 unspecified atom stereocenters. The predicted molar refractivity (Wildman–Crippen MR) is 81.7 cm³/mol. The van der Waals surface area contributed by atoms with Crippen molar-refractivity contribution in [2.24, 2.45) is 0 Å². The average Bonchev–Trinajstić information content (AvgIpc) is 2.38. The van der Waals surface area contributed by atoms with Crippen LogP contribution in [0.15, 0.2) is 18.3 Å². The number of rotatable bonds is 5. The first-order valence-electron chi connectivity index (χ1n) is 7.14. The second-order valence-electron chi connectivity index (χ2n) is 5.36. The lowest BCUT2D eigenvalue weighted by atomic mass is 10.2. The van der Waals surface area contributed by atoms with Gasteiger partial charge in [-0.05, 0) is 37.6 Å². The second-order valence-corrected chi connectivity index (χ2v) is 7.58. The average molecular weight is 297 g/mol. The first-order chi connectivity index (χ1) is 9.52. The summed E-state index contributed by atoms with van der Waals surface area (Å²) in [5.74, 6) is 1.31. The highest BCUT2D eigenvalue weighted by atomic mass is 32.2. The van der Waals surface area contributed by atoms with Crippen molar-refractivity contribution < 1.29 is 8.42 Å². The first kappa shape index (κ1) is 15.3. The van der Waals surface area contributed by atoms with Gasteiger partial charge in [-0.2, -0.15) is 0 Å². The maximum absolute atomic E-state index is 11.6. The van der Waals surface area contributed by atoms with Crippen molar-refractivity contribution in [1.29, 1.82) is 0 Å². The number of anilines is 1. The number of hydrogen-bond acceptors (Lipinski definition) is 5. The maximum atomic E-state index is 11.6. The SMILES string of the molecule is CCCNCc1ccnc(N2CCS(=O)(=O)CC2C)c1. The molecule has 0 bridgehead atoms. The topological polar surface area (TPSA) is 62.3 Å². The highest BCUT2D eigenvalue weighted by molar-refractivity contribution is 7.91. The number of nitrogens with zero attached hydrogens (tertiary/aromatic N) is 2. The Kier molecular flexibility index (Phi) is 4.99. The Balaban J connectivity index is 2.07. The minimum Gasteiger partial charge on any atom is -0.352 e. The molecule has 0 aliphatic carbocycles. The normalized spacial score (nSPS) is 21.9. The highest BCUT2D eigenvalue weighted by Gasteiger charge is 2.28. The summed E-state index contributed by atoms with van der Waals surface area (Å²) in [7, 11) is -2.88. The van der Waals surface area contributed by atoms with Crippen LogP contribution in [0.1, 0.15) is 25.8 Å². The van der Waals surface area contributed by atoms with Gasteiger partial charge in [-0.3, -0.25) is 0 Å². The lowest BCUT2D eigenvalue weighted by Gasteiger charge is -2.34. The van der Waals surface area contributed by atoms with Gasteiger partial charge in [0, 0.05) is 25.3 Å². The van der Waals surface area contributed by atoms with Crippen molar-refractivity contribution in [3.05, 3.63) is 23.9 Å². The minimum absolute atomic E-state index is 0.0138. The quantitative estimate of drug-likeness (QED) is 0.828. The fourth-order valence-corrected chi connectivity index (χ4v) is 4.03. The summed E-state index contributed by atoms with van der Waals surface area (Å²) < 4.78 is 23.2. The molecule has 20 heavy (non-hydrogen) atoms. The summed E-state index contributed by atoms with van der Waals surface area (Å²) in [5, 5.41) is 3.36. The van der Waals surface area contributed by atoms with Crippen LogP contribution < -0.4 is 10.2 Å². The van der Waals surface area contributed by atoms with Gasteiger partial charge in [0.1, 0.15) is 5.82 Å². The lowest BCUT2D eigenvalue weighted by molar-refractivity contribution is 0.566. The van der Waals surface area contributed by atoms with Crippen molar-refractivity contribution in [2.45, 2.75) is 32.9 Å². The molecule has 1 aliphatic rings. The molecule has 6 heteroatoms. The van der Waals surface area contributed by atoms with E-state index in [0.29, 0.717) is 6.54 Å². The molecule has 1 aliphatic heterocycles. The predicted octanol–water partition coefficient (Wildman–Crippen LogP) is 1.20. The van der Waals surface area contributed by atoms with E-state index in [1.54, 1.807) is 6.20 Å². The van der Waals surface area contributed by atoms with Crippen LogP contribution in [-0.4, -0.2) is 44.0 Å². The summed E-state index contributed by atoms with van der Waals surface area (Å²) in [6.07, 6.45) is 2.91. The Morgan fingerprint density at radius 3 is 3.00 bits per heavy atom. The Labute approximate surface area is 121 Å². The van der Waals surface area contributed by atoms with Gasteiger partial charge in [-0.15, -0.1) is 0 Å². The Morgan fingerprint density at radius 1 is 1.50 bits per heavy atom. The Morgan fingerprint density at radius 2 is 2.30 bits per heavy atom. The maximum Gasteiger partial charge on any atom is 0.154 e. The summed E-state index contributed by atoms with van der Waals surface area (Å²) >= 11 is 0. The van der Waals surface area contributed by atoms with Gasteiger partial charge in [-0.25, -0.2) is 13.4 Å². The summed E-state index contributed by atoms with van der Waals surface area (Å²) in [4.78, 5) is 6.48. The van der Waals surface area contributed by atoms with E-state index < -0.39 is 9.84 Å². The van der Waals surface area contributed by atoms with Crippen LogP contribution in [0.5, 0.6) is 0 Å². The second kappa shape index (κ2) is 6.54. The zero-order chi connectivity index (χ0) is 14.6. The van der Waals surface area contributed by atoms with Gasteiger partial charge in [-0.1, -0.05) is 6.92 Å². The van der Waals surface area contributed by atoms with E-state index >= 15 is 0 Å². The zero-order valence-electron chi connectivity index (χ0n) is 12.2. The van der Waals surface area contributed by atoms with Crippen molar-refractivity contribution in [1.82, 2.24) is 10.3 Å². The molecule has 2 heterocycles. The molecule has 1 aromatic heterocycles. The van der Waals surface area contributed by atoms with Gasteiger partial charge in [0.05, 0.1) is 11.5 Å². The molecule has 1 saturated heterocycles. The molecule has 0 spiro atoms. The zero-order valence-corrected chi connectivity index (χ0v) is 13.0. The molecular formula is C14H23N3O2S. The fourth-order valence-electron chi connectivity index (χ4n) is 2.48. The van der Waals surface area contributed by atoms with E-state index in [0.717, 1.165) is 25.3 Å². The van der Waals surface area contributed by atoms with Gasteiger partial charge >= 0.3 is 0 Å². The van der Waals surface area contributed by atoms with Gasteiger partial charge in [0.2, 0.25) is 0 Å². The number of sulfone groups is 1. The molecule has 0 radical (unpaired) electrons. The van der Waals surface area contributed by atoms with Crippen LogP contribution in [0.4, 0.5) is 5.82 Å².